The van der Waals surface area contributed by atoms with Crippen LogP contribution in [-0.2, 0) is 9.59 Å². The number of hydrogen-bond donors (Lipinski definition) is 3. The van der Waals surface area contributed by atoms with Crippen LogP contribution in [0.3, 0.4) is 0 Å². The van der Waals surface area contributed by atoms with E-state index in [1.165, 1.54) is 6.92 Å². The van der Waals surface area contributed by atoms with Crippen molar-refractivity contribution in [1.29, 1.82) is 0 Å². The fourth-order valence-corrected chi connectivity index (χ4v) is 1.74. The van der Waals surface area contributed by atoms with Gasteiger partial charge in [-0.3, -0.25) is 9.59 Å². The second kappa shape index (κ2) is 8.32. The predicted molar refractivity (Wildman–Crippen MR) is 81.7 cm³/mol. The van der Waals surface area contributed by atoms with Crippen molar-refractivity contribution in [3.8, 4) is 0 Å². The van der Waals surface area contributed by atoms with Gasteiger partial charge in [-0.05, 0) is 31.2 Å². The summed E-state index contributed by atoms with van der Waals surface area (Å²) in [5.41, 5.74) is 1.37. The van der Waals surface area contributed by atoms with Gasteiger partial charge in [-0.15, -0.1) is 0 Å². The molecule has 1 aromatic rings. The van der Waals surface area contributed by atoms with E-state index in [0.717, 1.165) is 13.0 Å². The topological polar surface area (TPSA) is 70.2 Å². The maximum Gasteiger partial charge on any atom is 0.224 e. The highest BCUT2D eigenvalue weighted by atomic mass is 16.2. The Kier molecular flexibility index (Phi) is 6.73. The Bertz CT molecular complexity index is 458. The molecule has 5 heteroatoms. The van der Waals surface area contributed by atoms with Gasteiger partial charge in [0.1, 0.15) is 0 Å². The van der Waals surface area contributed by atoms with Crippen LogP contribution in [0.5, 0.6) is 0 Å². The van der Waals surface area contributed by atoms with Crippen LogP contribution in [-0.4, -0.2) is 24.4 Å². The van der Waals surface area contributed by atoms with Gasteiger partial charge in [-0.2, -0.15) is 0 Å². The second-order valence-corrected chi connectivity index (χ2v) is 5.02. The molecule has 0 aliphatic rings. The number of anilines is 2. The fraction of sp³-hybridized carbons (Fsp3) is 0.467. The third kappa shape index (κ3) is 6.89. The molecule has 0 fully saturated rings. The fourth-order valence-electron chi connectivity index (χ4n) is 1.74. The van der Waals surface area contributed by atoms with Gasteiger partial charge in [-0.25, -0.2) is 0 Å². The standard InChI is InChI=1S/C15H23N3O2/c1-11(2)16-9-5-8-15(20)18-14-7-4-6-13(10-14)17-12(3)19/h4,6-7,10-11,16H,5,8-9H2,1-3H3,(H,17,19)(H,18,20). The summed E-state index contributed by atoms with van der Waals surface area (Å²) in [7, 11) is 0. The van der Waals surface area contributed by atoms with Gasteiger partial charge >= 0.3 is 0 Å². The predicted octanol–water partition coefficient (Wildman–Crippen LogP) is 2.36. The van der Waals surface area contributed by atoms with Gasteiger partial charge in [0, 0.05) is 30.8 Å². The second-order valence-electron chi connectivity index (χ2n) is 5.02. The van der Waals surface area contributed by atoms with Crippen LogP contribution in [0.2, 0.25) is 0 Å². The minimum absolute atomic E-state index is 0.0180. The van der Waals surface area contributed by atoms with Gasteiger partial charge in [0.25, 0.3) is 0 Å². The van der Waals surface area contributed by atoms with E-state index in [1.807, 2.05) is 0 Å². The van der Waals surface area contributed by atoms with Crippen molar-refractivity contribution in [2.45, 2.75) is 39.7 Å². The van der Waals surface area contributed by atoms with Crippen LogP contribution in [0, 0.1) is 0 Å². The van der Waals surface area contributed by atoms with E-state index >= 15 is 0 Å². The number of amides is 2. The van der Waals surface area contributed by atoms with Crippen molar-refractivity contribution in [2.24, 2.45) is 0 Å². The summed E-state index contributed by atoms with van der Waals surface area (Å²) in [4.78, 5) is 22.7. The van der Waals surface area contributed by atoms with E-state index in [9.17, 15) is 9.59 Å². The van der Waals surface area contributed by atoms with E-state index in [-0.39, 0.29) is 11.8 Å². The number of hydrogen-bond acceptors (Lipinski definition) is 3. The molecule has 1 aromatic carbocycles. The van der Waals surface area contributed by atoms with Crippen molar-refractivity contribution in [2.75, 3.05) is 17.2 Å². The average Bonchev–Trinajstić information content (AvgIpc) is 2.34. The lowest BCUT2D eigenvalue weighted by atomic mass is 10.2. The quantitative estimate of drug-likeness (QED) is 0.670. The Morgan fingerprint density at radius 1 is 1.15 bits per heavy atom. The number of carbonyl (C=O) groups is 2. The van der Waals surface area contributed by atoms with Crippen molar-refractivity contribution in [3.63, 3.8) is 0 Å². The zero-order valence-corrected chi connectivity index (χ0v) is 12.3. The summed E-state index contributed by atoms with van der Waals surface area (Å²) >= 11 is 0. The summed E-state index contributed by atoms with van der Waals surface area (Å²) in [6.45, 7) is 6.44. The zero-order chi connectivity index (χ0) is 15.0. The highest BCUT2D eigenvalue weighted by molar-refractivity contribution is 5.93. The molecule has 0 aliphatic carbocycles. The van der Waals surface area contributed by atoms with Gasteiger partial charge in [-0.1, -0.05) is 19.9 Å². The van der Waals surface area contributed by atoms with Gasteiger partial charge in [0.15, 0.2) is 0 Å². The van der Waals surface area contributed by atoms with Crippen LogP contribution in [0.25, 0.3) is 0 Å². The number of carbonyl (C=O) groups excluding carboxylic acids is 2. The minimum atomic E-state index is -0.131. The van der Waals surface area contributed by atoms with Gasteiger partial charge in [0.05, 0.1) is 0 Å². The largest absolute Gasteiger partial charge is 0.326 e. The zero-order valence-electron chi connectivity index (χ0n) is 12.3. The molecule has 0 saturated heterocycles. The van der Waals surface area contributed by atoms with E-state index < -0.39 is 0 Å². The molecule has 0 bridgehead atoms. The Hall–Kier alpha value is -1.88. The third-order valence-electron chi connectivity index (χ3n) is 2.60. The maximum absolute atomic E-state index is 11.8. The van der Waals surface area contributed by atoms with Crippen LogP contribution in [0.1, 0.15) is 33.6 Å². The molecule has 3 N–H and O–H groups in total. The summed E-state index contributed by atoms with van der Waals surface area (Å²) < 4.78 is 0. The molecule has 0 unspecified atom stereocenters. The van der Waals surface area contributed by atoms with E-state index in [1.54, 1.807) is 24.3 Å². The lowest BCUT2D eigenvalue weighted by Gasteiger charge is -2.09. The summed E-state index contributed by atoms with van der Waals surface area (Å²) in [5.74, 6) is -0.149. The highest BCUT2D eigenvalue weighted by Gasteiger charge is 2.04. The Morgan fingerprint density at radius 3 is 2.40 bits per heavy atom. The first-order valence-corrected chi connectivity index (χ1v) is 6.88. The number of benzene rings is 1. The van der Waals surface area contributed by atoms with Gasteiger partial charge < -0.3 is 16.0 Å². The minimum Gasteiger partial charge on any atom is -0.326 e. The maximum atomic E-state index is 11.8. The van der Waals surface area contributed by atoms with Gasteiger partial charge in [0.2, 0.25) is 11.8 Å². The first kappa shape index (κ1) is 16.2. The molecule has 0 atom stereocenters. The average molecular weight is 277 g/mol. The van der Waals surface area contributed by atoms with Crippen LogP contribution < -0.4 is 16.0 Å². The Labute approximate surface area is 120 Å². The van der Waals surface area contributed by atoms with Crippen LogP contribution >= 0.6 is 0 Å². The molecular weight excluding hydrogens is 254 g/mol. The Balaban J connectivity index is 2.39. The molecule has 0 aliphatic heterocycles. The van der Waals surface area contributed by atoms with Crippen LogP contribution in [0.15, 0.2) is 24.3 Å². The molecule has 0 aromatic heterocycles. The van der Waals surface area contributed by atoms with E-state index in [0.29, 0.717) is 23.8 Å². The molecule has 0 radical (unpaired) electrons. The Morgan fingerprint density at radius 2 is 1.80 bits per heavy atom. The molecule has 110 valence electrons. The molecule has 2 amide bonds. The lowest BCUT2D eigenvalue weighted by Crippen LogP contribution is -2.24. The SMILES string of the molecule is CC(=O)Nc1cccc(NC(=O)CCCNC(C)C)c1. The van der Waals surface area contributed by atoms with Crippen molar-refractivity contribution in [3.05, 3.63) is 24.3 Å². The highest BCUT2D eigenvalue weighted by Crippen LogP contribution is 2.15. The third-order valence-corrected chi connectivity index (χ3v) is 2.60. The normalized spacial score (nSPS) is 10.4. The van der Waals surface area contributed by atoms with Crippen molar-refractivity contribution >= 4 is 23.2 Å². The first-order chi connectivity index (χ1) is 9.47. The molecule has 0 heterocycles. The number of nitrogens with one attached hydrogen (secondary N) is 3. The van der Waals surface area contributed by atoms with Crippen molar-refractivity contribution < 1.29 is 9.59 Å². The number of rotatable bonds is 7. The molecular formula is C15H23N3O2. The molecule has 5 nitrogen and oxygen atoms in total. The summed E-state index contributed by atoms with van der Waals surface area (Å²) in [5, 5.41) is 8.78. The lowest BCUT2D eigenvalue weighted by molar-refractivity contribution is -0.116. The molecule has 0 saturated carbocycles. The molecule has 1 rings (SSSR count). The molecule has 0 spiro atoms. The monoisotopic (exact) mass is 277 g/mol. The molecule has 20 heavy (non-hydrogen) atoms. The van der Waals surface area contributed by atoms with E-state index in [2.05, 4.69) is 29.8 Å². The van der Waals surface area contributed by atoms with Crippen molar-refractivity contribution in [1.82, 2.24) is 5.32 Å². The summed E-state index contributed by atoms with van der Waals surface area (Å²) in [6, 6.07) is 7.55. The van der Waals surface area contributed by atoms with E-state index in [4.69, 9.17) is 0 Å². The summed E-state index contributed by atoms with van der Waals surface area (Å²) in [6.07, 6.45) is 1.28. The van der Waals surface area contributed by atoms with Crippen LogP contribution in [0.4, 0.5) is 11.4 Å². The first-order valence-electron chi connectivity index (χ1n) is 6.88. The smallest absolute Gasteiger partial charge is 0.224 e.